The number of ether oxygens (including phenoxy) is 1. The van der Waals surface area contributed by atoms with E-state index in [0.717, 1.165) is 37.7 Å². The molecule has 1 heterocycles. The summed E-state index contributed by atoms with van der Waals surface area (Å²) in [4.78, 5) is 0. The van der Waals surface area contributed by atoms with Gasteiger partial charge in [0.05, 0.1) is 0 Å². The average Bonchev–Trinajstić information content (AvgIpc) is 2.52. The minimum atomic E-state index is -1.01. The molecule has 1 unspecified atom stereocenters. The third kappa shape index (κ3) is 2.89. The van der Waals surface area contributed by atoms with E-state index in [1.54, 1.807) is 6.08 Å². The molecule has 2 nitrogen and oxygen atoms in total. The van der Waals surface area contributed by atoms with Crippen LogP contribution in [-0.2, 0) is 0 Å². The lowest BCUT2D eigenvalue weighted by Gasteiger charge is -2.32. The van der Waals surface area contributed by atoms with Crippen LogP contribution >= 0.6 is 0 Å². The van der Waals surface area contributed by atoms with Crippen LogP contribution in [0.15, 0.2) is 24.0 Å². The van der Waals surface area contributed by atoms with Crippen molar-refractivity contribution >= 4 is 0 Å². The Labute approximate surface area is 129 Å². The number of halogens is 2. The number of benzene rings is 1. The normalized spacial score (nSPS) is 27.8. The van der Waals surface area contributed by atoms with Gasteiger partial charge in [-0.1, -0.05) is 19.8 Å². The summed E-state index contributed by atoms with van der Waals surface area (Å²) in [5, 5.41) is 10.2. The number of aliphatic hydroxyl groups excluding tert-OH is 1. The molecule has 4 heteroatoms. The first-order chi connectivity index (χ1) is 10.6. The molecular formula is C18H22F2O2. The first kappa shape index (κ1) is 15.5. The van der Waals surface area contributed by atoms with E-state index >= 15 is 0 Å². The van der Waals surface area contributed by atoms with E-state index in [2.05, 4.69) is 6.92 Å². The highest BCUT2D eigenvalue weighted by Crippen LogP contribution is 2.42. The smallest absolute Gasteiger partial charge is 0.201 e. The molecule has 1 atom stereocenters. The Hall–Kier alpha value is -1.42. The Bertz CT molecular complexity index is 575. The van der Waals surface area contributed by atoms with Crippen LogP contribution in [0.2, 0.25) is 0 Å². The summed E-state index contributed by atoms with van der Waals surface area (Å²) in [7, 11) is 0. The van der Waals surface area contributed by atoms with Crippen LogP contribution in [0.5, 0.6) is 5.75 Å². The summed E-state index contributed by atoms with van der Waals surface area (Å²) < 4.78 is 32.9. The van der Waals surface area contributed by atoms with Gasteiger partial charge in [-0.2, -0.15) is 4.39 Å². The van der Waals surface area contributed by atoms with Gasteiger partial charge < -0.3 is 9.84 Å². The molecule has 1 aromatic carbocycles. The highest BCUT2D eigenvalue weighted by molar-refractivity contribution is 5.43. The summed E-state index contributed by atoms with van der Waals surface area (Å²) >= 11 is 0. The van der Waals surface area contributed by atoms with Crippen molar-refractivity contribution < 1.29 is 18.6 Å². The second-order valence-corrected chi connectivity index (χ2v) is 6.40. The molecule has 1 aliphatic heterocycles. The van der Waals surface area contributed by atoms with E-state index in [-0.39, 0.29) is 11.7 Å². The highest BCUT2D eigenvalue weighted by atomic mass is 19.2. The van der Waals surface area contributed by atoms with Crippen LogP contribution in [0.4, 0.5) is 8.78 Å². The lowest BCUT2D eigenvalue weighted by Crippen LogP contribution is -2.22. The maximum Gasteiger partial charge on any atom is 0.201 e. The lowest BCUT2D eigenvalue weighted by molar-refractivity contribution is 0.178. The minimum Gasteiger partial charge on any atom is -0.458 e. The van der Waals surface area contributed by atoms with Crippen molar-refractivity contribution in [3.8, 4) is 5.75 Å². The number of hydrogen-bond donors (Lipinski definition) is 1. The third-order valence-corrected chi connectivity index (χ3v) is 4.89. The molecule has 0 amide bonds. The van der Waals surface area contributed by atoms with Crippen LogP contribution in [0.25, 0.3) is 0 Å². The predicted octanol–water partition coefficient (Wildman–Crippen LogP) is 4.88. The van der Waals surface area contributed by atoms with Gasteiger partial charge in [0.2, 0.25) is 5.82 Å². The van der Waals surface area contributed by atoms with Crippen LogP contribution in [0.3, 0.4) is 0 Å². The van der Waals surface area contributed by atoms with Gasteiger partial charge in [0.1, 0.15) is 11.9 Å². The standard InChI is InChI=1S/C18H22F2O2/c1-2-3-11-4-6-12(7-5-11)16-10-15(21)13-8-9-14(19)17(20)18(13)22-16/h8-12,15,21H,2-7H2,1H3. The summed E-state index contributed by atoms with van der Waals surface area (Å²) in [6.07, 6.45) is 7.39. The Morgan fingerprint density at radius 1 is 1.18 bits per heavy atom. The minimum absolute atomic E-state index is 0.152. The van der Waals surface area contributed by atoms with Gasteiger partial charge in [0.25, 0.3) is 0 Å². The van der Waals surface area contributed by atoms with Gasteiger partial charge >= 0.3 is 0 Å². The Morgan fingerprint density at radius 2 is 1.91 bits per heavy atom. The molecule has 1 saturated carbocycles. The zero-order valence-electron chi connectivity index (χ0n) is 12.8. The molecule has 1 fully saturated rings. The van der Waals surface area contributed by atoms with Crippen molar-refractivity contribution in [2.75, 3.05) is 0 Å². The van der Waals surface area contributed by atoms with E-state index in [9.17, 15) is 13.9 Å². The van der Waals surface area contributed by atoms with E-state index in [4.69, 9.17) is 4.74 Å². The van der Waals surface area contributed by atoms with Crippen molar-refractivity contribution in [2.24, 2.45) is 11.8 Å². The number of rotatable bonds is 3. The predicted molar refractivity (Wildman–Crippen MR) is 80.4 cm³/mol. The second-order valence-electron chi connectivity index (χ2n) is 6.40. The van der Waals surface area contributed by atoms with Gasteiger partial charge in [-0.05, 0) is 49.8 Å². The van der Waals surface area contributed by atoms with Gasteiger partial charge in [-0.15, -0.1) is 0 Å². The first-order valence-electron chi connectivity index (χ1n) is 8.15. The molecule has 120 valence electrons. The fraction of sp³-hybridized carbons (Fsp3) is 0.556. The van der Waals surface area contributed by atoms with Crippen molar-refractivity contribution in [3.05, 3.63) is 41.2 Å². The fourth-order valence-electron chi connectivity index (χ4n) is 3.64. The molecule has 1 aromatic rings. The van der Waals surface area contributed by atoms with Crippen LogP contribution in [0.1, 0.15) is 57.1 Å². The van der Waals surface area contributed by atoms with Crippen LogP contribution < -0.4 is 4.74 Å². The van der Waals surface area contributed by atoms with E-state index < -0.39 is 17.7 Å². The SMILES string of the molecule is CCCC1CCC(C2=CC(O)c3ccc(F)c(F)c3O2)CC1. The average molecular weight is 308 g/mol. The lowest BCUT2D eigenvalue weighted by atomic mass is 9.78. The number of hydrogen-bond acceptors (Lipinski definition) is 2. The van der Waals surface area contributed by atoms with E-state index in [1.165, 1.54) is 18.9 Å². The number of aliphatic hydroxyl groups is 1. The molecule has 0 radical (unpaired) electrons. The van der Waals surface area contributed by atoms with Gasteiger partial charge in [0, 0.05) is 11.5 Å². The Kier molecular flexibility index (Phi) is 4.48. The van der Waals surface area contributed by atoms with Crippen LogP contribution in [-0.4, -0.2) is 5.11 Å². The van der Waals surface area contributed by atoms with Crippen molar-refractivity contribution in [1.29, 1.82) is 0 Å². The second kappa shape index (κ2) is 6.37. The van der Waals surface area contributed by atoms with Gasteiger partial charge in [0.15, 0.2) is 11.6 Å². The van der Waals surface area contributed by atoms with Crippen molar-refractivity contribution in [2.45, 2.75) is 51.6 Å². The third-order valence-electron chi connectivity index (χ3n) is 4.89. The van der Waals surface area contributed by atoms with E-state index in [0.29, 0.717) is 11.3 Å². The molecule has 22 heavy (non-hydrogen) atoms. The van der Waals surface area contributed by atoms with Crippen LogP contribution in [0, 0.1) is 23.5 Å². The molecule has 1 N–H and O–H groups in total. The largest absolute Gasteiger partial charge is 0.458 e. The summed E-state index contributed by atoms with van der Waals surface area (Å²) in [6, 6.07) is 2.40. The van der Waals surface area contributed by atoms with Gasteiger partial charge in [-0.3, -0.25) is 0 Å². The summed E-state index contributed by atoms with van der Waals surface area (Å²) in [5.41, 5.74) is 0.294. The maximum atomic E-state index is 13.9. The molecular weight excluding hydrogens is 286 g/mol. The van der Waals surface area contributed by atoms with Crippen molar-refractivity contribution in [3.63, 3.8) is 0 Å². The van der Waals surface area contributed by atoms with E-state index in [1.807, 2.05) is 0 Å². The summed E-state index contributed by atoms with van der Waals surface area (Å²) in [5.74, 6) is -0.559. The highest BCUT2D eigenvalue weighted by Gasteiger charge is 2.31. The molecule has 3 rings (SSSR count). The molecule has 0 bridgehead atoms. The monoisotopic (exact) mass is 308 g/mol. The first-order valence-corrected chi connectivity index (χ1v) is 8.15. The number of allylic oxidation sites excluding steroid dienone is 1. The molecule has 1 aliphatic carbocycles. The maximum absolute atomic E-state index is 13.9. The molecule has 0 saturated heterocycles. The van der Waals surface area contributed by atoms with Crippen molar-refractivity contribution in [1.82, 2.24) is 0 Å². The molecule has 2 aliphatic rings. The zero-order chi connectivity index (χ0) is 15.7. The Balaban J connectivity index is 1.76. The molecule has 0 aromatic heterocycles. The number of fused-ring (bicyclic) bond motifs is 1. The summed E-state index contributed by atoms with van der Waals surface area (Å²) in [6.45, 7) is 2.20. The fourth-order valence-corrected chi connectivity index (χ4v) is 3.64. The van der Waals surface area contributed by atoms with Gasteiger partial charge in [-0.25, -0.2) is 4.39 Å². The quantitative estimate of drug-likeness (QED) is 0.862. The molecule has 0 spiro atoms. The zero-order valence-corrected chi connectivity index (χ0v) is 12.8. The Morgan fingerprint density at radius 3 is 2.59 bits per heavy atom. The topological polar surface area (TPSA) is 29.5 Å².